The lowest BCUT2D eigenvalue weighted by Gasteiger charge is -2.13. The van der Waals surface area contributed by atoms with Gasteiger partial charge in [-0.25, -0.2) is 0 Å². The van der Waals surface area contributed by atoms with Crippen molar-refractivity contribution in [2.75, 3.05) is 5.75 Å². The highest BCUT2D eigenvalue weighted by Crippen LogP contribution is 2.27. The number of aromatic nitrogens is 4. The molecule has 132 valence electrons. The number of rotatable bonds is 6. The molecule has 0 aliphatic carbocycles. The third-order valence-corrected chi connectivity index (χ3v) is 6.10. The van der Waals surface area contributed by atoms with Crippen molar-refractivity contribution in [1.29, 1.82) is 0 Å². The molecule has 3 rings (SSSR count). The molecule has 5 nitrogen and oxygen atoms in total. The number of Topliss-reactive ketones (excluding diaryl/α,β-unsaturated/α-hetero) is 1. The Labute approximate surface area is 156 Å². The van der Waals surface area contributed by atoms with E-state index >= 15 is 0 Å². The summed E-state index contributed by atoms with van der Waals surface area (Å²) in [5, 5.41) is 11.3. The summed E-state index contributed by atoms with van der Waals surface area (Å²) in [7, 11) is 1.94. The fourth-order valence-corrected chi connectivity index (χ4v) is 4.66. The molecular formula is C18H22N4OS2. The molecular weight excluding hydrogens is 352 g/mol. The van der Waals surface area contributed by atoms with E-state index in [-0.39, 0.29) is 5.78 Å². The largest absolute Gasteiger partial charge is 0.346 e. The quantitative estimate of drug-likeness (QED) is 0.470. The molecule has 0 radical (unpaired) electrons. The molecule has 7 heteroatoms. The van der Waals surface area contributed by atoms with Gasteiger partial charge in [-0.15, -0.1) is 21.5 Å². The molecule has 25 heavy (non-hydrogen) atoms. The molecule has 0 saturated heterocycles. The van der Waals surface area contributed by atoms with E-state index in [1.807, 2.05) is 49.0 Å². The first-order valence-electron chi connectivity index (χ1n) is 8.17. The monoisotopic (exact) mass is 374 g/mol. The van der Waals surface area contributed by atoms with Gasteiger partial charge in [0.15, 0.2) is 16.8 Å². The summed E-state index contributed by atoms with van der Waals surface area (Å²) in [6.45, 7) is 8.33. The Balaban J connectivity index is 1.75. The first-order valence-corrected chi connectivity index (χ1v) is 10.0. The zero-order valence-corrected chi connectivity index (χ0v) is 16.7. The van der Waals surface area contributed by atoms with Crippen molar-refractivity contribution in [2.24, 2.45) is 7.05 Å². The third kappa shape index (κ3) is 3.43. The highest BCUT2D eigenvalue weighted by Gasteiger charge is 2.19. The van der Waals surface area contributed by atoms with Crippen molar-refractivity contribution >= 4 is 28.9 Å². The smallest absolute Gasteiger partial charge is 0.191 e. The lowest BCUT2D eigenvalue weighted by Crippen LogP contribution is -2.08. The number of ketones is 1. The van der Waals surface area contributed by atoms with Gasteiger partial charge in [-0.1, -0.05) is 17.8 Å². The number of thiophene rings is 1. The maximum Gasteiger partial charge on any atom is 0.191 e. The van der Waals surface area contributed by atoms with Crippen molar-refractivity contribution in [3.63, 3.8) is 0 Å². The number of thioether (sulfide) groups is 1. The van der Waals surface area contributed by atoms with Crippen molar-refractivity contribution in [2.45, 2.75) is 38.9 Å². The van der Waals surface area contributed by atoms with Crippen molar-refractivity contribution in [3.05, 3.63) is 40.5 Å². The average molecular weight is 375 g/mol. The zero-order valence-electron chi connectivity index (χ0n) is 15.1. The van der Waals surface area contributed by atoms with Gasteiger partial charge < -0.3 is 9.13 Å². The fraction of sp³-hybridized carbons (Fsp3) is 0.389. The summed E-state index contributed by atoms with van der Waals surface area (Å²) in [6, 6.07) is 6.36. The molecule has 0 N–H and O–H groups in total. The fourth-order valence-electron chi connectivity index (χ4n) is 3.12. The molecule has 3 aromatic rings. The Kier molecular flexibility index (Phi) is 5.15. The third-order valence-electron chi connectivity index (χ3n) is 4.21. The van der Waals surface area contributed by atoms with Crippen LogP contribution in [-0.4, -0.2) is 30.9 Å². The van der Waals surface area contributed by atoms with E-state index in [1.165, 1.54) is 11.8 Å². The summed E-state index contributed by atoms with van der Waals surface area (Å²) in [5.74, 6) is 1.33. The van der Waals surface area contributed by atoms with Gasteiger partial charge in [-0.05, 0) is 45.2 Å². The number of aryl methyl sites for hydroxylation is 1. The van der Waals surface area contributed by atoms with Gasteiger partial charge in [0, 0.05) is 30.0 Å². The molecule has 0 fully saturated rings. The zero-order chi connectivity index (χ0) is 18.1. The normalized spacial score (nSPS) is 11.4. The van der Waals surface area contributed by atoms with Crippen LogP contribution in [-0.2, 0) is 7.05 Å². The maximum atomic E-state index is 12.7. The number of hydrogen-bond donors (Lipinski definition) is 0. The van der Waals surface area contributed by atoms with Crippen molar-refractivity contribution in [3.8, 4) is 10.7 Å². The molecule has 0 saturated carbocycles. The topological polar surface area (TPSA) is 52.7 Å². The van der Waals surface area contributed by atoms with E-state index in [4.69, 9.17) is 0 Å². The predicted octanol–water partition coefficient (Wildman–Crippen LogP) is 4.52. The molecule has 0 aromatic carbocycles. The summed E-state index contributed by atoms with van der Waals surface area (Å²) in [4.78, 5) is 13.8. The van der Waals surface area contributed by atoms with Crippen LogP contribution in [0, 0.1) is 13.8 Å². The molecule has 0 aliphatic heterocycles. The standard InChI is InChI=1S/C18H22N4OS2/c1-11(2)22-12(3)9-14(13(22)4)15(23)10-25-18-20-19-17(21(18)5)16-7-6-8-24-16/h6-9,11H,10H2,1-5H3. The van der Waals surface area contributed by atoms with E-state index in [1.54, 1.807) is 11.3 Å². The minimum absolute atomic E-state index is 0.130. The van der Waals surface area contributed by atoms with Crippen molar-refractivity contribution in [1.82, 2.24) is 19.3 Å². The predicted molar refractivity (Wildman–Crippen MR) is 104 cm³/mol. The van der Waals surface area contributed by atoms with Gasteiger partial charge in [-0.2, -0.15) is 0 Å². The Morgan fingerprint density at radius 3 is 2.68 bits per heavy atom. The summed E-state index contributed by atoms with van der Waals surface area (Å²) < 4.78 is 4.15. The number of hydrogen-bond acceptors (Lipinski definition) is 5. The Morgan fingerprint density at radius 1 is 1.32 bits per heavy atom. The SMILES string of the molecule is Cc1cc(C(=O)CSc2nnc(-c3cccs3)n2C)c(C)n1C(C)C. The van der Waals surface area contributed by atoms with Gasteiger partial charge in [0.25, 0.3) is 0 Å². The van der Waals surface area contributed by atoms with Crippen LogP contribution in [0.25, 0.3) is 10.7 Å². The molecule has 0 spiro atoms. The van der Waals surface area contributed by atoms with E-state index in [0.29, 0.717) is 11.8 Å². The number of carbonyl (C=O) groups excluding carboxylic acids is 1. The lowest BCUT2D eigenvalue weighted by atomic mass is 10.2. The number of nitrogens with zero attached hydrogens (tertiary/aromatic N) is 4. The van der Waals surface area contributed by atoms with Gasteiger partial charge in [-0.3, -0.25) is 4.79 Å². The van der Waals surface area contributed by atoms with Crippen LogP contribution in [0.3, 0.4) is 0 Å². The first kappa shape index (κ1) is 17.9. The minimum atomic E-state index is 0.130. The lowest BCUT2D eigenvalue weighted by molar-refractivity contribution is 0.102. The maximum absolute atomic E-state index is 12.7. The van der Waals surface area contributed by atoms with Gasteiger partial charge in [0.05, 0.1) is 10.6 Å². The van der Waals surface area contributed by atoms with Crippen LogP contribution in [0.1, 0.15) is 41.6 Å². The van der Waals surface area contributed by atoms with E-state index in [2.05, 4.69) is 28.6 Å². The first-order chi connectivity index (χ1) is 11.9. The van der Waals surface area contributed by atoms with Gasteiger partial charge in [0.2, 0.25) is 0 Å². The summed E-state index contributed by atoms with van der Waals surface area (Å²) >= 11 is 3.07. The Morgan fingerprint density at radius 2 is 2.08 bits per heavy atom. The van der Waals surface area contributed by atoms with Crippen LogP contribution in [0.15, 0.2) is 28.7 Å². The molecule has 0 unspecified atom stereocenters. The summed E-state index contributed by atoms with van der Waals surface area (Å²) in [5.41, 5.74) is 2.97. The van der Waals surface area contributed by atoms with E-state index in [0.717, 1.165) is 32.8 Å². The molecule has 0 amide bonds. The van der Waals surface area contributed by atoms with Crippen LogP contribution < -0.4 is 0 Å². The molecule has 0 bridgehead atoms. The molecule has 3 aromatic heterocycles. The Bertz CT molecular complexity index is 891. The van der Waals surface area contributed by atoms with Gasteiger partial charge in [0.1, 0.15) is 0 Å². The van der Waals surface area contributed by atoms with Crippen molar-refractivity contribution < 1.29 is 4.79 Å². The second-order valence-electron chi connectivity index (χ2n) is 6.30. The molecule has 0 aliphatic rings. The van der Waals surface area contributed by atoms with Gasteiger partial charge >= 0.3 is 0 Å². The van der Waals surface area contributed by atoms with E-state index in [9.17, 15) is 4.79 Å². The number of carbonyl (C=O) groups is 1. The van der Waals surface area contributed by atoms with Crippen LogP contribution >= 0.6 is 23.1 Å². The second-order valence-corrected chi connectivity index (χ2v) is 8.19. The highest BCUT2D eigenvalue weighted by atomic mass is 32.2. The Hall–Kier alpha value is -1.86. The minimum Gasteiger partial charge on any atom is -0.346 e. The highest BCUT2D eigenvalue weighted by molar-refractivity contribution is 7.99. The summed E-state index contributed by atoms with van der Waals surface area (Å²) in [6.07, 6.45) is 0. The van der Waals surface area contributed by atoms with Crippen LogP contribution in [0.4, 0.5) is 0 Å². The molecule has 0 atom stereocenters. The van der Waals surface area contributed by atoms with Crippen LogP contribution in [0.2, 0.25) is 0 Å². The molecule has 3 heterocycles. The second kappa shape index (κ2) is 7.17. The van der Waals surface area contributed by atoms with E-state index < -0.39 is 0 Å². The average Bonchev–Trinajstić information content (AvgIpc) is 3.25. The van der Waals surface area contributed by atoms with Crippen LogP contribution in [0.5, 0.6) is 0 Å².